The van der Waals surface area contributed by atoms with Crippen molar-refractivity contribution >= 4 is 34.2 Å². The summed E-state index contributed by atoms with van der Waals surface area (Å²) in [5.41, 5.74) is 5.00. The molecule has 0 fully saturated rings. The number of carbonyl (C=O) groups excluding carboxylic acids is 1. The first-order valence-electron chi connectivity index (χ1n) is 8.73. The Morgan fingerprint density at radius 1 is 1.07 bits per heavy atom. The third-order valence-electron chi connectivity index (χ3n) is 4.24. The van der Waals surface area contributed by atoms with Gasteiger partial charge in [0.25, 0.3) is 11.5 Å². The second-order valence-electron chi connectivity index (χ2n) is 6.29. The zero-order valence-corrected chi connectivity index (χ0v) is 15.9. The van der Waals surface area contributed by atoms with Gasteiger partial charge in [-0.3, -0.25) is 15.0 Å². The van der Waals surface area contributed by atoms with Gasteiger partial charge < -0.3 is 0 Å². The van der Waals surface area contributed by atoms with Crippen LogP contribution in [-0.2, 0) is 4.79 Å². The second kappa shape index (κ2) is 7.62. The molecule has 4 rings (SSSR count). The van der Waals surface area contributed by atoms with Gasteiger partial charge in [-0.05, 0) is 42.1 Å². The van der Waals surface area contributed by atoms with Gasteiger partial charge in [0.1, 0.15) is 0 Å². The lowest BCUT2D eigenvalue weighted by Gasteiger charge is -2.12. The average Bonchev–Trinajstić information content (AvgIpc) is 3.24. The molecular weight excluding hydrogens is 370 g/mol. The minimum absolute atomic E-state index is 0.314. The van der Waals surface area contributed by atoms with Gasteiger partial charge in [0.2, 0.25) is 0 Å². The number of nitrogens with one attached hydrogen (secondary N) is 1. The fourth-order valence-electron chi connectivity index (χ4n) is 2.80. The number of hydrogen-bond donors (Lipinski definition) is 1. The van der Waals surface area contributed by atoms with Crippen molar-refractivity contribution in [3.05, 3.63) is 93.6 Å². The molecule has 0 aliphatic rings. The monoisotopic (exact) mass is 387 g/mol. The lowest BCUT2D eigenvalue weighted by atomic mass is 10.1. The van der Waals surface area contributed by atoms with Gasteiger partial charge in [0.15, 0.2) is 5.82 Å². The summed E-state index contributed by atoms with van der Waals surface area (Å²) in [7, 11) is 0. The molecule has 1 amide bonds. The van der Waals surface area contributed by atoms with Crippen molar-refractivity contribution < 1.29 is 4.79 Å². The molecule has 0 aliphatic carbocycles. The first-order valence-corrected chi connectivity index (χ1v) is 9.61. The minimum atomic E-state index is -0.405. The van der Waals surface area contributed by atoms with Crippen LogP contribution in [0.3, 0.4) is 0 Å². The van der Waals surface area contributed by atoms with Gasteiger partial charge in [-0.2, -0.15) is 4.68 Å². The van der Waals surface area contributed by atoms with E-state index in [1.165, 1.54) is 22.1 Å². The van der Waals surface area contributed by atoms with Crippen LogP contribution in [0, 0.1) is 6.92 Å². The fourth-order valence-corrected chi connectivity index (χ4v) is 3.51. The molecule has 4 aromatic rings. The van der Waals surface area contributed by atoms with Crippen molar-refractivity contribution in [2.45, 2.75) is 6.92 Å². The molecule has 0 saturated heterocycles. The highest BCUT2D eigenvalue weighted by Crippen LogP contribution is 2.23. The van der Waals surface area contributed by atoms with E-state index in [0.717, 1.165) is 16.0 Å². The van der Waals surface area contributed by atoms with Crippen molar-refractivity contribution in [1.82, 2.24) is 9.66 Å². The Morgan fingerprint density at radius 2 is 1.86 bits per heavy atom. The number of benzene rings is 2. The molecule has 2 aromatic carbocycles. The number of fused-ring (bicyclic) bond motifs is 1. The molecule has 138 valence electrons. The van der Waals surface area contributed by atoms with Crippen LogP contribution in [0.4, 0.5) is 0 Å². The second-order valence-corrected chi connectivity index (χ2v) is 7.24. The van der Waals surface area contributed by atoms with Crippen LogP contribution in [0.25, 0.3) is 27.7 Å². The maximum absolute atomic E-state index is 13.0. The van der Waals surface area contributed by atoms with Gasteiger partial charge in [0.05, 0.1) is 15.8 Å². The van der Waals surface area contributed by atoms with Crippen molar-refractivity contribution in [1.29, 1.82) is 0 Å². The van der Waals surface area contributed by atoms with Gasteiger partial charge in [-0.15, -0.1) is 11.3 Å². The topological polar surface area (TPSA) is 64.0 Å². The van der Waals surface area contributed by atoms with E-state index in [-0.39, 0.29) is 5.56 Å². The number of aromatic nitrogens is 2. The van der Waals surface area contributed by atoms with E-state index in [4.69, 9.17) is 0 Å². The normalized spacial score (nSPS) is 11.2. The zero-order valence-electron chi connectivity index (χ0n) is 15.1. The summed E-state index contributed by atoms with van der Waals surface area (Å²) in [4.78, 5) is 30.9. The lowest BCUT2D eigenvalue weighted by molar-refractivity contribution is -0.112. The summed E-state index contributed by atoms with van der Waals surface area (Å²) in [6.45, 7) is 2.01. The van der Waals surface area contributed by atoms with Crippen LogP contribution in [0.15, 0.2) is 76.9 Å². The third kappa shape index (κ3) is 3.63. The Balaban J connectivity index is 1.72. The molecule has 5 nitrogen and oxygen atoms in total. The zero-order chi connectivity index (χ0) is 19.5. The van der Waals surface area contributed by atoms with Gasteiger partial charge in [0, 0.05) is 6.08 Å². The highest BCUT2D eigenvalue weighted by Gasteiger charge is 2.14. The lowest BCUT2D eigenvalue weighted by Crippen LogP contribution is -2.34. The Kier molecular flexibility index (Phi) is 4.87. The Bertz CT molecular complexity index is 1220. The van der Waals surface area contributed by atoms with Crippen LogP contribution in [0.5, 0.6) is 0 Å². The number of carbonyl (C=O) groups is 1. The van der Waals surface area contributed by atoms with Crippen LogP contribution in [0.1, 0.15) is 11.1 Å². The summed E-state index contributed by atoms with van der Waals surface area (Å²) >= 11 is 1.45. The van der Waals surface area contributed by atoms with E-state index in [0.29, 0.717) is 16.7 Å². The largest absolute Gasteiger partial charge is 0.280 e. The summed E-state index contributed by atoms with van der Waals surface area (Å²) in [5.74, 6) is 0.00773. The van der Waals surface area contributed by atoms with Crippen molar-refractivity contribution in [3.63, 3.8) is 0 Å². The number of rotatable bonds is 4. The predicted molar refractivity (Wildman–Crippen MR) is 114 cm³/mol. The van der Waals surface area contributed by atoms with Crippen molar-refractivity contribution in [2.24, 2.45) is 0 Å². The van der Waals surface area contributed by atoms with E-state index in [2.05, 4.69) is 10.4 Å². The predicted octanol–water partition coefficient (Wildman–Crippen LogP) is 4.22. The molecule has 0 atom stereocenters. The number of aryl methyl sites for hydroxylation is 1. The van der Waals surface area contributed by atoms with Crippen molar-refractivity contribution in [3.8, 4) is 10.7 Å². The third-order valence-corrected chi connectivity index (χ3v) is 5.11. The number of thiophene rings is 1. The van der Waals surface area contributed by atoms with Crippen LogP contribution in [-0.4, -0.2) is 15.6 Å². The molecule has 0 aliphatic heterocycles. The Morgan fingerprint density at radius 3 is 2.61 bits per heavy atom. The van der Waals surface area contributed by atoms with E-state index in [9.17, 15) is 9.59 Å². The highest BCUT2D eigenvalue weighted by molar-refractivity contribution is 7.13. The summed E-state index contributed by atoms with van der Waals surface area (Å²) in [6, 6.07) is 18.7. The van der Waals surface area contributed by atoms with Crippen molar-refractivity contribution in [2.75, 3.05) is 5.43 Å². The molecule has 1 N–H and O–H groups in total. The molecule has 0 radical (unpaired) electrons. The van der Waals surface area contributed by atoms with Gasteiger partial charge >= 0.3 is 0 Å². The number of hydrogen-bond acceptors (Lipinski definition) is 4. The molecule has 0 bridgehead atoms. The number of para-hydroxylation sites is 1. The quantitative estimate of drug-likeness (QED) is 0.533. The van der Waals surface area contributed by atoms with Gasteiger partial charge in [-0.1, -0.05) is 48.0 Å². The standard InChI is InChI=1S/C22H17N3O2S/c1-15-8-10-16(11-9-15)12-13-20(26)24-25-21(19-7-4-14-28-19)23-18-6-3-2-5-17(18)22(25)27/h2-14H,1H3,(H,24,26). The first-order chi connectivity index (χ1) is 13.6. The number of amides is 1. The minimum Gasteiger partial charge on any atom is -0.268 e. The smallest absolute Gasteiger partial charge is 0.268 e. The van der Waals surface area contributed by atoms with Crippen LogP contribution >= 0.6 is 11.3 Å². The Hall–Kier alpha value is -3.51. The molecule has 28 heavy (non-hydrogen) atoms. The average molecular weight is 387 g/mol. The molecule has 2 aromatic heterocycles. The van der Waals surface area contributed by atoms with E-state index < -0.39 is 5.91 Å². The SMILES string of the molecule is Cc1ccc(C=CC(=O)Nn2c(-c3cccs3)nc3ccccc3c2=O)cc1. The fraction of sp³-hybridized carbons (Fsp3) is 0.0455. The summed E-state index contributed by atoms with van der Waals surface area (Å²) in [5, 5.41) is 2.35. The highest BCUT2D eigenvalue weighted by atomic mass is 32.1. The van der Waals surface area contributed by atoms with Crippen LogP contribution in [0.2, 0.25) is 0 Å². The summed E-state index contributed by atoms with van der Waals surface area (Å²) < 4.78 is 1.22. The molecule has 0 spiro atoms. The van der Waals surface area contributed by atoms with Gasteiger partial charge in [-0.25, -0.2) is 4.98 Å². The maximum Gasteiger partial charge on any atom is 0.280 e. The molecule has 6 heteroatoms. The van der Waals surface area contributed by atoms with E-state index in [1.54, 1.807) is 24.3 Å². The van der Waals surface area contributed by atoms with E-state index >= 15 is 0 Å². The molecule has 0 unspecified atom stereocenters. The molecular formula is C22H17N3O2S. The summed E-state index contributed by atoms with van der Waals surface area (Å²) in [6.07, 6.45) is 3.11. The maximum atomic E-state index is 13.0. The van der Waals surface area contributed by atoms with E-state index in [1.807, 2.05) is 54.8 Å². The molecule has 2 heterocycles. The Labute approximate surface area is 165 Å². The van der Waals surface area contributed by atoms with Crippen LogP contribution < -0.4 is 11.0 Å². The first kappa shape index (κ1) is 17.9. The number of nitrogens with zero attached hydrogens (tertiary/aromatic N) is 2. The molecule has 0 saturated carbocycles.